The average Bonchev–Trinajstić information content (AvgIpc) is 3.10. The van der Waals surface area contributed by atoms with E-state index >= 15 is 0 Å². The molecule has 0 amide bonds. The first kappa shape index (κ1) is 45.2. The summed E-state index contributed by atoms with van der Waals surface area (Å²) in [6.45, 7) is 10.2. The maximum Gasteiger partial charge on any atom is 0.308 e. The third-order valence-corrected chi connectivity index (χ3v) is 10.9. The lowest BCUT2D eigenvalue weighted by atomic mass is 9.79. The third kappa shape index (κ3) is 11.7. The molecule has 15 heteroatoms. The van der Waals surface area contributed by atoms with Crippen LogP contribution in [0.2, 0.25) is 0 Å². The van der Waals surface area contributed by atoms with Gasteiger partial charge in [-0.1, -0.05) is 38.5 Å². The van der Waals surface area contributed by atoms with E-state index in [1.807, 2.05) is 13.0 Å². The summed E-state index contributed by atoms with van der Waals surface area (Å²) in [5, 5.41) is 54.4. The minimum atomic E-state index is -1.33. The normalized spacial score (nSPS) is 44.2. The van der Waals surface area contributed by atoms with Crippen LogP contribution in [-0.4, -0.2) is 156 Å². The van der Waals surface area contributed by atoms with Crippen molar-refractivity contribution in [3.63, 3.8) is 0 Å². The molecule has 10 unspecified atom stereocenters. The molecule has 3 heterocycles. The molecule has 0 aromatic heterocycles. The Morgan fingerprint density at radius 3 is 2.15 bits per heavy atom. The molecule has 3 rings (SSSR count). The zero-order valence-electron chi connectivity index (χ0n) is 32.5. The smallest absolute Gasteiger partial charge is 0.308 e. The number of hydrogen-bond donors (Lipinski definition) is 5. The zero-order chi connectivity index (χ0) is 39.7. The van der Waals surface area contributed by atoms with Crippen LogP contribution in [0.4, 0.5) is 0 Å². The van der Waals surface area contributed by atoms with Crippen LogP contribution < -0.4 is 0 Å². The molecule has 2 saturated heterocycles. The molecule has 53 heavy (non-hydrogen) atoms. The minimum absolute atomic E-state index is 0.0342. The topological polar surface area (TPSA) is 211 Å². The van der Waals surface area contributed by atoms with E-state index in [4.69, 9.17) is 28.4 Å². The number of ether oxygens (including phenoxy) is 6. The number of esters is 1. The number of likely N-dealkylation sites (N-methyl/N-ethyl adjacent to an activating group) is 1. The van der Waals surface area contributed by atoms with Gasteiger partial charge in [0.05, 0.1) is 49.6 Å². The fourth-order valence-electron chi connectivity index (χ4n) is 7.51. The number of cyclic esters (lactones) is 1. The van der Waals surface area contributed by atoms with Gasteiger partial charge >= 0.3 is 5.97 Å². The number of aldehydes is 1. The quantitative estimate of drug-likeness (QED) is 0.155. The van der Waals surface area contributed by atoms with Gasteiger partial charge in [-0.3, -0.25) is 9.59 Å². The van der Waals surface area contributed by atoms with Crippen LogP contribution in [0.5, 0.6) is 0 Å². The molecule has 5 N–H and O–H groups in total. The number of hydrogen-bond acceptors (Lipinski definition) is 15. The van der Waals surface area contributed by atoms with Crippen molar-refractivity contribution >= 4 is 18.0 Å². The number of carbonyl (C=O) groups is 3. The van der Waals surface area contributed by atoms with Crippen molar-refractivity contribution in [2.45, 2.75) is 147 Å². The summed E-state index contributed by atoms with van der Waals surface area (Å²) in [5.41, 5.74) is 0.673. The predicted octanol–water partition coefficient (Wildman–Crippen LogP) is 0.908. The van der Waals surface area contributed by atoms with Crippen LogP contribution in [-0.2, 0) is 42.8 Å². The molecule has 0 aromatic carbocycles. The first-order valence-electron chi connectivity index (χ1n) is 18.7. The fourth-order valence-corrected chi connectivity index (χ4v) is 7.51. The van der Waals surface area contributed by atoms with E-state index in [0.29, 0.717) is 18.3 Å². The second-order valence-corrected chi connectivity index (χ2v) is 15.1. The molecule has 15 nitrogen and oxygen atoms in total. The van der Waals surface area contributed by atoms with Crippen LogP contribution in [0.15, 0.2) is 23.8 Å². The van der Waals surface area contributed by atoms with Crippen molar-refractivity contribution in [2.24, 2.45) is 23.7 Å². The molecular formula is C38H63NO14. The number of aliphatic hydroxyl groups is 5. The highest BCUT2D eigenvalue weighted by molar-refractivity contribution is 5.91. The highest BCUT2D eigenvalue weighted by Crippen LogP contribution is 2.34. The highest BCUT2D eigenvalue weighted by Gasteiger charge is 2.48. The average molecular weight is 758 g/mol. The molecular weight excluding hydrogens is 694 g/mol. The summed E-state index contributed by atoms with van der Waals surface area (Å²) < 4.78 is 35.6. The Morgan fingerprint density at radius 1 is 0.906 bits per heavy atom. The van der Waals surface area contributed by atoms with Gasteiger partial charge in [-0.2, -0.15) is 0 Å². The Labute approximate surface area is 313 Å². The van der Waals surface area contributed by atoms with Gasteiger partial charge < -0.3 is 63.6 Å². The third-order valence-electron chi connectivity index (χ3n) is 10.9. The van der Waals surface area contributed by atoms with Crippen LogP contribution in [0.3, 0.4) is 0 Å². The van der Waals surface area contributed by atoms with Crippen LogP contribution in [0, 0.1) is 23.7 Å². The monoisotopic (exact) mass is 757 g/mol. The van der Waals surface area contributed by atoms with Gasteiger partial charge in [-0.25, -0.2) is 0 Å². The molecule has 17 atom stereocenters. The molecule has 3 aliphatic heterocycles. The summed E-state index contributed by atoms with van der Waals surface area (Å²) in [4.78, 5) is 40.6. The number of ketones is 1. The van der Waals surface area contributed by atoms with E-state index < -0.39 is 116 Å². The minimum Gasteiger partial charge on any atom is -0.462 e. The van der Waals surface area contributed by atoms with Crippen molar-refractivity contribution < 1.29 is 68.3 Å². The van der Waals surface area contributed by atoms with Gasteiger partial charge in [0.25, 0.3) is 0 Å². The van der Waals surface area contributed by atoms with E-state index in [1.54, 1.807) is 59.7 Å². The lowest BCUT2D eigenvalue weighted by molar-refractivity contribution is -0.304. The molecule has 3 aliphatic rings. The second-order valence-electron chi connectivity index (χ2n) is 15.1. The first-order valence-corrected chi connectivity index (χ1v) is 18.7. The molecule has 0 spiro atoms. The Morgan fingerprint density at radius 2 is 1.55 bits per heavy atom. The van der Waals surface area contributed by atoms with E-state index in [9.17, 15) is 39.9 Å². The van der Waals surface area contributed by atoms with Gasteiger partial charge in [0.1, 0.15) is 36.8 Å². The van der Waals surface area contributed by atoms with Crippen molar-refractivity contribution in [1.82, 2.24) is 4.90 Å². The summed E-state index contributed by atoms with van der Waals surface area (Å²) in [6.07, 6.45) is -6.88. The molecule has 0 aliphatic carbocycles. The fraction of sp³-hybridized carbons (Fsp3) is 0.816. The van der Waals surface area contributed by atoms with Crippen LogP contribution in [0.25, 0.3) is 0 Å². The standard InChI is InChI=1S/C38H63NO14/c1-10-28-25(18-49-38-36(48-9)34(47)32(45)23(6)51-38)15-19(2)11-12-26(41)20(3)16-24(13-14-40)35(21(4)27(42)17-29(43)52-28)53-37-33(46)30(39(7)8)31(44)22(5)50-37/h11-12,14-15,20-25,27-28,30-38,42,44-47H,10,13,16-18H2,1-9H3/b12-11+,19-15+/t20-,21+,22?,23?,24+,25-,27-,28-,30?,31?,32?,33?,34?,35-,36?,37?,38?/m1/s1. The van der Waals surface area contributed by atoms with E-state index in [2.05, 4.69) is 0 Å². The van der Waals surface area contributed by atoms with Crippen LogP contribution in [0.1, 0.15) is 67.2 Å². The zero-order valence-corrected chi connectivity index (χ0v) is 32.5. The lowest BCUT2D eigenvalue weighted by Crippen LogP contribution is -2.63. The van der Waals surface area contributed by atoms with Gasteiger partial charge in [-0.15, -0.1) is 0 Å². The molecule has 0 saturated carbocycles. The van der Waals surface area contributed by atoms with E-state index in [-0.39, 0.29) is 25.2 Å². The molecule has 0 aromatic rings. The Bertz CT molecular complexity index is 1250. The van der Waals surface area contributed by atoms with Crippen molar-refractivity contribution in [2.75, 3.05) is 27.8 Å². The van der Waals surface area contributed by atoms with Crippen molar-refractivity contribution in [3.05, 3.63) is 23.8 Å². The van der Waals surface area contributed by atoms with Gasteiger partial charge in [0, 0.05) is 31.3 Å². The SMILES string of the molecule is CC[C@H]1OC(=O)C[C@@H](O)[C@H](C)[C@@H](OC2OC(C)C(O)C(N(C)C)C2O)[C@@H](CC=O)C[C@@H](C)C(=O)/C=C/C(C)=C/[C@@H]1COC1OC(C)C(O)C(O)C1OC. The molecule has 0 radical (unpaired) electrons. The summed E-state index contributed by atoms with van der Waals surface area (Å²) in [5.74, 6) is -3.48. The van der Waals surface area contributed by atoms with Crippen molar-refractivity contribution in [3.8, 4) is 0 Å². The molecule has 304 valence electrons. The summed E-state index contributed by atoms with van der Waals surface area (Å²) in [6, 6.07) is -0.746. The maximum atomic E-state index is 13.5. The number of rotatable bonds is 10. The number of methoxy groups -OCH3 is 1. The van der Waals surface area contributed by atoms with E-state index in [1.165, 1.54) is 13.2 Å². The lowest BCUT2D eigenvalue weighted by Gasteiger charge is -2.46. The second kappa shape index (κ2) is 20.7. The number of carbonyl (C=O) groups excluding carboxylic acids is 3. The first-order chi connectivity index (χ1) is 24.9. The Hall–Kier alpha value is -2.15. The Kier molecular flexibility index (Phi) is 17.6. The van der Waals surface area contributed by atoms with Gasteiger partial charge in [0.15, 0.2) is 18.4 Å². The predicted molar refractivity (Wildman–Crippen MR) is 191 cm³/mol. The van der Waals surface area contributed by atoms with Gasteiger partial charge in [0.2, 0.25) is 0 Å². The molecule has 2 fully saturated rings. The highest BCUT2D eigenvalue weighted by atomic mass is 16.7. The number of aliphatic hydroxyl groups excluding tert-OH is 5. The Balaban J connectivity index is 1.96. The number of nitrogens with zero attached hydrogens (tertiary/aromatic N) is 1. The molecule has 0 bridgehead atoms. The largest absolute Gasteiger partial charge is 0.462 e. The summed E-state index contributed by atoms with van der Waals surface area (Å²) >= 11 is 0. The van der Waals surface area contributed by atoms with Crippen molar-refractivity contribution in [1.29, 1.82) is 0 Å². The summed E-state index contributed by atoms with van der Waals surface area (Å²) in [7, 11) is 4.78. The van der Waals surface area contributed by atoms with Crippen LogP contribution >= 0.6 is 0 Å². The van der Waals surface area contributed by atoms with E-state index in [0.717, 1.165) is 0 Å². The van der Waals surface area contributed by atoms with Gasteiger partial charge in [-0.05, 0) is 59.7 Å². The maximum absolute atomic E-state index is 13.5. The number of allylic oxidation sites excluding steroid dienone is 3.